The number of methoxy groups -OCH3 is 1. The summed E-state index contributed by atoms with van der Waals surface area (Å²) in [6, 6.07) is -0.226. The van der Waals surface area contributed by atoms with Gasteiger partial charge in [0.15, 0.2) is 6.49 Å². The first-order chi connectivity index (χ1) is 8.80. The summed E-state index contributed by atoms with van der Waals surface area (Å²) in [7, 11) is 3.59. The topological polar surface area (TPSA) is 56.8 Å². The van der Waals surface area contributed by atoms with Crippen molar-refractivity contribution < 1.29 is 18.8 Å². The van der Waals surface area contributed by atoms with Crippen LogP contribution in [-0.2, 0) is 18.8 Å². The van der Waals surface area contributed by atoms with Crippen molar-refractivity contribution in [2.24, 2.45) is 0 Å². The molecule has 1 heterocycles. The van der Waals surface area contributed by atoms with Gasteiger partial charge in [0, 0.05) is 13.3 Å². The van der Waals surface area contributed by atoms with Gasteiger partial charge in [0.1, 0.15) is 7.85 Å². The van der Waals surface area contributed by atoms with Gasteiger partial charge in [0.05, 0.1) is 37.0 Å². The Morgan fingerprint density at radius 2 is 2.16 bits per heavy atom. The highest BCUT2D eigenvalue weighted by Gasteiger charge is 2.44. The van der Waals surface area contributed by atoms with Gasteiger partial charge in [-0.2, -0.15) is 0 Å². The highest BCUT2D eigenvalue weighted by molar-refractivity contribution is 8.47. The monoisotopic (exact) mass is 309 g/mol. The molecule has 0 aromatic carbocycles. The van der Waals surface area contributed by atoms with Crippen molar-refractivity contribution in [3.05, 3.63) is 0 Å². The molecule has 19 heavy (non-hydrogen) atoms. The van der Waals surface area contributed by atoms with Gasteiger partial charge in [-0.05, 0) is 13.8 Å². The van der Waals surface area contributed by atoms with E-state index in [2.05, 4.69) is 17.3 Å². The molecule has 0 aromatic rings. The van der Waals surface area contributed by atoms with Crippen molar-refractivity contribution in [3.8, 4) is 0 Å². The molecule has 0 amide bonds. The smallest absolute Gasteiger partial charge is 0.198 e. The third kappa shape index (κ3) is 5.07. The summed E-state index contributed by atoms with van der Waals surface area (Å²) >= 11 is 4.21. The Kier molecular flexibility index (Phi) is 6.90. The molecule has 0 radical (unpaired) electrons. The van der Waals surface area contributed by atoms with Crippen LogP contribution in [-0.4, -0.2) is 58.1 Å². The van der Waals surface area contributed by atoms with Crippen molar-refractivity contribution in [2.75, 3.05) is 19.9 Å². The Morgan fingerprint density at radius 3 is 2.63 bits per heavy atom. The first-order valence-electron chi connectivity index (χ1n) is 6.70. The molecule has 5 atom stereocenters. The molecule has 0 saturated carbocycles. The highest BCUT2D eigenvalue weighted by atomic mass is 32.7. The minimum Gasteiger partial charge on any atom is -0.378 e. The fourth-order valence-corrected chi connectivity index (χ4v) is 3.55. The number of thiol groups is 1. The zero-order valence-corrected chi connectivity index (χ0v) is 14.1. The van der Waals surface area contributed by atoms with Crippen LogP contribution in [0.15, 0.2) is 0 Å². The molecule has 3 unspecified atom stereocenters. The van der Waals surface area contributed by atoms with E-state index in [-0.39, 0.29) is 30.4 Å². The van der Waals surface area contributed by atoms with Crippen LogP contribution in [0.1, 0.15) is 20.8 Å². The lowest BCUT2D eigenvalue weighted by Crippen LogP contribution is -2.45. The average molecular weight is 309 g/mol. The van der Waals surface area contributed by atoms with E-state index in [1.807, 2.05) is 28.6 Å². The molecule has 8 heteroatoms. The van der Waals surface area contributed by atoms with Gasteiger partial charge in [0.25, 0.3) is 0 Å². The van der Waals surface area contributed by atoms with Gasteiger partial charge >= 0.3 is 0 Å². The SMILES string of the molecule is B[C@@H]1O[C@H](COC(C)C)C(NP(=O)(S)CC)C1OC. The zero-order chi connectivity index (χ0) is 14.6. The van der Waals surface area contributed by atoms with Crippen LogP contribution < -0.4 is 5.09 Å². The Labute approximate surface area is 122 Å². The maximum atomic E-state index is 12.2. The standard InChI is InChI=1S/C11H25BNO4PS/c1-5-18(14,19)13-9-8(6-16-7(2)3)17-11(12)10(9)15-4/h7-11H,5-6,12H2,1-4H3,(H2,13,14,19)/t8-,9?,10?,11-,18?/m1/s1. The molecule has 0 bridgehead atoms. The number of hydrogen-bond donors (Lipinski definition) is 2. The molecular weight excluding hydrogens is 284 g/mol. The van der Waals surface area contributed by atoms with E-state index in [1.54, 1.807) is 7.11 Å². The Hall–Kier alpha value is 0.485. The van der Waals surface area contributed by atoms with Gasteiger partial charge in [-0.15, -0.1) is 0 Å². The van der Waals surface area contributed by atoms with E-state index in [0.29, 0.717) is 12.8 Å². The normalized spacial score (nSPS) is 34.6. The second kappa shape index (κ2) is 7.48. The Balaban J connectivity index is 2.75. The largest absolute Gasteiger partial charge is 0.378 e. The van der Waals surface area contributed by atoms with Gasteiger partial charge in [-0.3, -0.25) is 9.65 Å². The van der Waals surface area contributed by atoms with Crippen LogP contribution in [0.3, 0.4) is 0 Å². The third-order valence-electron chi connectivity index (χ3n) is 3.25. The molecule has 5 nitrogen and oxygen atoms in total. The summed E-state index contributed by atoms with van der Waals surface area (Å²) in [6.45, 7) is 3.60. The van der Waals surface area contributed by atoms with Crippen LogP contribution in [0.2, 0.25) is 0 Å². The van der Waals surface area contributed by atoms with Crippen LogP contribution in [0, 0.1) is 0 Å². The van der Waals surface area contributed by atoms with Crippen molar-refractivity contribution in [1.82, 2.24) is 5.09 Å². The molecule has 0 aliphatic carbocycles. The molecule has 1 N–H and O–H groups in total. The maximum Gasteiger partial charge on any atom is 0.198 e. The number of rotatable bonds is 7. The van der Waals surface area contributed by atoms with E-state index in [4.69, 9.17) is 14.2 Å². The predicted octanol–water partition coefficient (Wildman–Crippen LogP) is 0.885. The second-order valence-electron chi connectivity index (χ2n) is 5.13. The summed E-state index contributed by atoms with van der Waals surface area (Å²) in [6.07, 6.45) is 0.298. The Bertz CT molecular complexity index is 334. The summed E-state index contributed by atoms with van der Waals surface area (Å²) in [5.74, 6) is 0. The predicted molar refractivity (Wildman–Crippen MR) is 83.1 cm³/mol. The number of hydrogen-bond acceptors (Lipinski definition) is 4. The molecule has 112 valence electrons. The van der Waals surface area contributed by atoms with E-state index in [0.717, 1.165) is 0 Å². The first-order valence-corrected chi connectivity index (χ1v) is 9.74. The summed E-state index contributed by atoms with van der Waals surface area (Å²) < 4.78 is 29.1. The van der Waals surface area contributed by atoms with Crippen LogP contribution in [0.25, 0.3) is 0 Å². The van der Waals surface area contributed by atoms with E-state index < -0.39 is 6.49 Å². The summed E-state index contributed by atoms with van der Waals surface area (Å²) in [5.41, 5.74) is 0. The fourth-order valence-electron chi connectivity index (χ4n) is 2.19. The quantitative estimate of drug-likeness (QED) is 0.415. The van der Waals surface area contributed by atoms with Crippen LogP contribution in [0.4, 0.5) is 0 Å². The van der Waals surface area contributed by atoms with Crippen LogP contribution >= 0.6 is 18.7 Å². The summed E-state index contributed by atoms with van der Waals surface area (Å²) in [5, 5.41) is 3.10. The van der Waals surface area contributed by atoms with Crippen molar-refractivity contribution >= 4 is 26.6 Å². The van der Waals surface area contributed by atoms with Gasteiger partial charge < -0.3 is 14.2 Å². The summed E-state index contributed by atoms with van der Waals surface area (Å²) in [4.78, 5) is 0. The lowest BCUT2D eigenvalue weighted by Gasteiger charge is -2.27. The minimum atomic E-state index is -2.66. The van der Waals surface area contributed by atoms with E-state index in [1.165, 1.54) is 0 Å². The second-order valence-corrected chi connectivity index (χ2v) is 9.37. The van der Waals surface area contributed by atoms with Crippen molar-refractivity contribution in [3.63, 3.8) is 0 Å². The van der Waals surface area contributed by atoms with Crippen molar-refractivity contribution in [1.29, 1.82) is 0 Å². The zero-order valence-electron chi connectivity index (χ0n) is 12.3. The number of nitrogens with one attached hydrogen (secondary N) is 1. The average Bonchev–Trinajstić information content (AvgIpc) is 2.62. The molecule has 1 rings (SSSR count). The third-order valence-corrected chi connectivity index (χ3v) is 6.01. The molecular formula is C11H25BNO4PS. The highest BCUT2D eigenvalue weighted by Crippen LogP contribution is 2.47. The molecule has 1 aliphatic rings. The Morgan fingerprint density at radius 1 is 1.53 bits per heavy atom. The molecule has 1 aliphatic heterocycles. The van der Waals surface area contributed by atoms with E-state index >= 15 is 0 Å². The molecule has 1 saturated heterocycles. The number of ether oxygens (including phenoxy) is 3. The molecule has 0 aromatic heterocycles. The van der Waals surface area contributed by atoms with Gasteiger partial charge in [0.2, 0.25) is 0 Å². The minimum absolute atomic E-state index is 0.0616. The van der Waals surface area contributed by atoms with Crippen molar-refractivity contribution in [2.45, 2.75) is 51.1 Å². The van der Waals surface area contributed by atoms with Crippen LogP contribution in [0.5, 0.6) is 0 Å². The lowest BCUT2D eigenvalue weighted by molar-refractivity contribution is -0.0229. The maximum absolute atomic E-state index is 12.2. The lowest BCUT2D eigenvalue weighted by atomic mass is 9.92. The molecule has 0 spiro atoms. The fraction of sp³-hybridized carbons (Fsp3) is 1.00. The first kappa shape index (κ1) is 17.5. The molecule has 1 fully saturated rings. The van der Waals surface area contributed by atoms with Gasteiger partial charge in [-0.1, -0.05) is 19.2 Å². The van der Waals surface area contributed by atoms with Gasteiger partial charge in [-0.25, -0.2) is 0 Å². The van der Waals surface area contributed by atoms with E-state index in [9.17, 15) is 4.57 Å².